The van der Waals surface area contributed by atoms with Gasteiger partial charge in [0.15, 0.2) is 0 Å². The van der Waals surface area contributed by atoms with Gasteiger partial charge in [-0.05, 0) is 36.8 Å². The molecule has 2 rings (SSSR count). The van der Waals surface area contributed by atoms with Crippen LogP contribution < -0.4 is 5.32 Å². The van der Waals surface area contributed by atoms with E-state index < -0.39 is 0 Å². The van der Waals surface area contributed by atoms with Crippen LogP contribution in [0.5, 0.6) is 0 Å². The Bertz CT molecular complexity index is 422. The largest absolute Gasteiger partial charge is 0.384 e. The maximum Gasteiger partial charge on any atom is 0.0992 e. The molecule has 0 aliphatic carbocycles. The molecule has 1 heterocycles. The van der Waals surface area contributed by atoms with Gasteiger partial charge in [0, 0.05) is 22.0 Å². The number of nitrogens with zero attached hydrogens (tertiary/aromatic N) is 1. The molecule has 4 heteroatoms. The van der Waals surface area contributed by atoms with E-state index in [-0.39, 0.29) is 0 Å². The van der Waals surface area contributed by atoms with Crippen molar-refractivity contribution in [2.45, 2.75) is 24.5 Å². The molecular formula is C13H15BrN2S. The number of nitrogens with one attached hydrogen (secondary N) is 1. The van der Waals surface area contributed by atoms with Gasteiger partial charge in [-0.15, -0.1) is 0 Å². The highest BCUT2D eigenvalue weighted by Crippen LogP contribution is 2.26. The third kappa shape index (κ3) is 3.93. The van der Waals surface area contributed by atoms with Crippen LogP contribution in [0.25, 0.3) is 0 Å². The lowest BCUT2D eigenvalue weighted by Gasteiger charge is -2.22. The highest BCUT2D eigenvalue weighted by molar-refractivity contribution is 9.10. The van der Waals surface area contributed by atoms with Crippen LogP contribution in [0.2, 0.25) is 0 Å². The van der Waals surface area contributed by atoms with Gasteiger partial charge in [-0.1, -0.05) is 22.4 Å². The smallest absolute Gasteiger partial charge is 0.0992 e. The van der Waals surface area contributed by atoms with Crippen LogP contribution in [-0.2, 0) is 0 Å². The fourth-order valence-electron chi connectivity index (χ4n) is 1.96. The van der Waals surface area contributed by atoms with Crippen molar-refractivity contribution in [3.05, 3.63) is 28.2 Å². The van der Waals surface area contributed by atoms with E-state index >= 15 is 0 Å². The summed E-state index contributed by atoms with van der Waals surface area (Å²) in [7, 11) is 0. The van der Waals surface area contributed by atoms with Gasteiger partial charge in [-0.3, -0.25) is 0 Å². The summed E-state index contributed by atoms with van der Waals surface area (Å²) in [6.45, 7) is 0.992. The summed E-state index contributed by atoms with van der Waals surface area (Å²) in [4.78, 5) is 0. The summed E-state index contributed by atoms with van der Waals surface area (Å²) in [5.74, 6) is 1.29. The molecule has 0 saturated carbocycles. The minimum atomic E-state index is 0.693. The van der Waals surface area contributed by atoms with Crippen LogP contribution in [0.1, 0.15) is 24.8 Å². The summed E-state index contributed by atoms with van der Waals surface area (Å²) in [5.41, 5.74) is 1.72. The van der Waals surface area contributed by atoms with Crippen LogP contribution in [0.4, 0.5) is 5.69 Å². The highest BCUT2D eigenvalue weighted by Gasteiger charge is 2.13. The number of rotatable bonds is 3. The number of halogens is 1. The van der Waals surface area contributed by atoms with Gasteiger partial charge in [-0.25, -0.2) is 0 Å². The fourth-order valence-corrected chi connectivity index (χ4v) is 3.69. The monoisotopic (exact) mass is 310 g/mol. The molecule has 90 valence electrons. The Kier molecular flexibility index (Phi) is 4.75. The number of hydrogen-bond acceptors (Lipinski definition) is 3. The molecule has 1 unspecified atom stereocenters. The Hall–Kier alpha value is -0.660. The first kappa shape index (κ1) is 12.8. The lowest BCUT2D eigenvalue weighted by Crippen LogP contribution is -2.19. The fraction of sp³-hybridized carbons (Fsp3) is 0.462. The van der Waals surface area contributed by atoms with Crippen LogP contribution in [0, 0.1) is 11.3 Å². The second kappa shape index (κ2) is 6.32. The first-order valence-corrected chi connectivity index (χ1v) is 7.68. The Morgan fingerprint density at radius 1 is 1.41 bits per heavy atom. The number of nitriles is 1. The van der Waals surface area contributed by atoms with Crippen LogP contribution in [-0.4, -0.2) is 17.5 Å². The Balaban J connectivity index is 1.94. The van der Waals surface area contributed by atoms with Crippen molar-refractivity contribution in [3.63, 3.8) is 0 Å². The molecule has 1 aromatic rings. The SMILES string of the molecule is N#Cc1cc(Br)cc(NCC2CCCCS2)c1. The molecule has 0 spiro atoms. The van der Waals surface area contributed by atoms with Crippen molar-refractivity contribution >= 4 is 33.4 Å². The zero-order chi connectivity index (χ0) is 12.1. The van der Waals surface area contributed by atoms with Gasteiger partial charge < -0.3 is 5.32 Å². The number of thioether (sulfide) groups is 1. The van der Waals surface area contributed by atoms with E-state index in [9.17, 15) is 0 Å². The van der Waals surface area contributed by atoms with Crippen molar-refractivity contribution in [3.8, 4) is 6.07 Å². The van der Waals surface area contributed by atoms with Gasteiger partial charge >= 0.3 is 0 Å². The summed E-state index contributed by atoms with van der Waals surface area (Å²) >= 11 is 5.48. The van der Waals surface area contributed by atoms with Gasteiger partial charge in [0.1, 0.15) is 0 Å². The molecule has 1 aliphatic rings. The molecule has 0 bridgehead atoms. The maximum atomic E-state index is 8.90. The van der Waals surface area contributed by atoms with E-state index in [0.29, 0.717) is 10.8 Å². The minimum Gasteiger partial charge on any atom is -0.384 e. The Morgan fingerprint density at radius 3 is 3.00 bits per heavy atom. The third-order valence-corrected chi connectivity index (χ3v) is 4.69. The highest BCUT2D eigenvalue weighted by atomic mass is 79.9. The average molecular weight is 311 g/mol. The van der Waals surface area contributed by atoms with Crippen LogP contribution >= 0.6 is 27.7 Å². The number of benzene rings is 1. The minimum absolute atomic E-state index is 0.693. The van der Waals surface area contributed by atoms with E-state index in [0.717, 1.165) is 16.7 Å². The molecule has 17 heavy (non-hydrogen) atoms. The summed E-state index contributed by atoms with van der Waals surface area (Å²) in [6.07, 6.45) is 4.01. The van der Waals surface area contributed by atoms with Crippen molar-refractivity contribution in [2.24, 2.45) is 0 Å². The Labute approximate surface area is 115 Å². The summed E-state index contributed by atoms with van der Waals surface area (Å²) in [5, 5.41) is 13.0. The lowest BCUT2D eigenvalue weighted by atomic mass is 10.2. The van der Waals surface area contributed by atoms with Gasteiger partial charge in [0.2, 0.25) is 0 Å². The first-order valence-electron chi connectivity index (χ1n) is 5.84. The van der Waals surface area contributed by atoms with Gasteiger partial charge in [-0.2, -0.15) is 17.0 Å². The standard InChI is InChI=1S/C13H15BrN2S/c14-11-5-10(8-15)6-12(7-11)16-9-13-3-1-2-4-17-13/h5-7,13,16H,1-4,9H2. The molecular weight excluding hydrogens is 296 g/mol. The molecule has 1 aliphatic heterocycles. The van der Waals surface area contributed by atoms with E-state index in [1.165, 1.54) is 25.0 Å². The first-order chi connectivity index (χ1) is 8.28. The molecule has 1 aromatic carbocycles. The van der Waals surface area contributed by atoms with Gasteiger partial charge in [0.05, 0.1) is 11.6 Å². The van der Waals surface area contributed by atoms with E-state index in [1.807, 2.05) is 18.2 Å². The van der Waals surface area contributed by atoms with E-state index in [1.54, 1.807) is 0 Å². The predicted molar refractivity (Wildman–Crippen MR) is 77.4 cm³/mol. The second-order valence-corrected chi connectivity index (χ2v) is 6.53. The van der Waals surface area contributed by atoms with E-state index in [2.05, 4.69) is 39.1 Å². The molecule has 0 radical (unpaired) electrons. The average Bonchev–Trinajstić information content (AvgIpc) is 2.37. The van der Waals surface area contributed by atoms with E-state index in [4.69, 9.17) is 5.26 Å². The summed E-state index contributed by atoms with van der Waals surface area (Å²) in [6, 6.07) is 7.93. The molecule has 1 N–H and O–H groups in total. The predicted octanol–water partition coefficient (Wildman–Crippen LogP) is 4.02. The summed E-state index contributed by atoms with van der Waals surface area (Å²) < 4.78 is 0.954. The molecule has 0 aromatic heterocycles. The molecule has 1 atom stereocenters. The van der Waals surface area contributed by atoms with Crippen molar-refractivity contribution < 1.29 is 0 Å². The molecule has 2 nitrogen and oxygen atoms in total. The van der Waals surface area contributed by atoms with Crippen molar-refractivity contribution in [2.75, 3.05) is 17.6 Å². The number of anilines is 1. The molecule has 0 amide bonds. The Morgan fingerprint density at radius 2 is 2.29 bits per heavy atom. The molecule has 1 fully saturated rings. The van der Waals surface area contributed by atoms with Crippen LogP contribution in [0.3, 0.4) is 0 Å². The van der Waals surface area contributed by atoms with Crippen molar-refractivity contribution in [1.29, 1.82) is 5.26 Å². The third-order valence-electron chi connectivity index (χ3n) is 2.83. The zero-order valence-corrected chi connectivity index (χ0v) is 12.0. The normalized spacial score (nSPS) is 19.6. The number of hydrogen-bond donors (Lipinski definition) is 1. The lowest BCUT2D eigenvalue weighted by molar-refractivity contribution is 0.677. The quantitative estimate of drug-likeness (QED) is 0.916. The topological polar surface area (TPSA) is 35.8 Å². The second-order valence-electron chi connectivity index (χ2n) is 4.21. The maximum absolute atomic E-state index is 8.90. The van der Waals surface area contributed by atoms with Crippen molar-refractivity contribution in [1.82, 2.24) is 0 Å². The zero-order valence-electron chi connectivity index (χ0n) is 9.58. The van der Waals surface area contributed by atoms with Gasteiger partial charge in [0.25, 0.3) is 0 Å². The molecule has 1 saturated heterocycles. The van der Waals surface area contributed by atoms with Crippen LogP contribution in [0.15, 0.2) is 22.7 Å².